The van der Waals surface area contributed by atoms with Crippen LogP contribution in [0.4, 0.5) is 0 Å². The molecule has 16 heavy (non-hydrogen) atoms. The Hall–Kier alpha value is 0.943. The second-order valence-corrected chi connectivity index (χ2v) is 3.84. The van der Waals surface area contributed by atoms with Crippen molar-refractivity contribution in [3.63, 3.8) is 0 Å². The van der Waals surface area contributed by atoms with Crippen molar-refractivity contribution in [2.45, 2.75) is 52.4 Å². The maximum absolute atomic E-state index is 3.44. The first-order chi connectivity index (χ1) is 6.38. The molecule has 3 heteroatoms. The summed E-state index contributed by atoms with van der Waals surface area (Å²) in [6.07, 6.45) is 15.7. The number of unbranched alkanes of at least 4 members (excludes halogenated alkanes) is 2. The molecule has 0 N–H and O–H groups in total. The van der Waals surface area contributed by atoms with Crippen LogP contribution < -0.4 is 0 Å². The van der Waals surface area contributed by atoms with E-state index in [9.17, 15) is 0 Å². The van der Waals surface area contributed by atoms with Gasteiger partial charge in [-0.15, -0.1) is 31.2 Å². The van der Waals surface area contributed by atoms with Crippen molar-refractivity contribution in [3.05, 3.63) is 23.8 Å². The molecule has 0 aromatic carbocycles. The van der Waals surface area contributed by atoms with Crippen LogP contribution in [0.25, 0.3) is 0 Å². The van der Waals surface area contributed by atoms with Gasteiger partial charge in [0, 0.05) is 26.2 Å². The van der Waals surface area contributed by atoms with Crippen molar-refractivity contribution in [2.24, 2.45) is 5.92 Å². The van der Waals surface area contributed by atoms with Crippen LogP contribution >= 0.6 is 24.8 Å². The Kier molecular flexibility index (Phi) is 19.4. The van der Waals surface area contributed by atoms with Crippen LogP contribution in [0.5, 0.6) is 0 Å². The van der Waals surface area contributed by atoms with Crippen LogP contribution in [0, 0.1) is 12.0 Å². The molecule has 0 aromatic heterocycles. The zero-order chi connectivity index (χ0) is 9.52. The molecule has 0 aliphatic heterocycles. The average Bonchev–Trinajstić information content (AvgIpc) is 2.65. The summed E-state index contributed by atoms with van der Waals surface area (Å²) in [5.74, 6) is 0.783. The SMILES string of the molecule is CCCCCC(CC)C1=[C-]CC=C1.Cl.Cl.[Zr]. The summed E-state index contributed by atoms with van der Waals surface area (Å²) in [5, 5.41) is 0. The molecule has 0 aromatic rings. The van der Waals surface area contributed by atoms with Crippen LogP contribution in [0.3, 0.4) is 0 Å². The Balaban J connectivity index is -0.000000563. The Bertz CT molecular complexity index is 200. The number of hydrogen-bond acceptors (Lipinski definition) is 0. The summed E-state index contributed by atoms with van der Waals surface area (Å²) in [6.45, 7) is 4.55. The standard InChI is InChI=1S/C13H21.2ClH.Zr/c1-3-5-6-9-12(4-2)13-10-7-8-11-13;;;/h7,10,12H,3-6,8-9H2,1-2H3;2*1H;/q-1;;;. The maximum Gasteiger partial charge on any atom is 0 e. The summed E-state index contributed by atoms with van der Waals surface area (Å²) >= 11 is 0. The third-order valence-electron chi connectivity index (χ3n) is 2.81. The van der Waals surface area contributed by atoms with Crippen LogP contribution in [-0.4, -0.2) is 0 Å². The second kappa shape index (κ2) is 14.0. The van der Waals surface area contributed by atoms with Gasteiger partial charge in [-0.05, 0) is 6.42 Å². The van der Waals surface area contributed by atoms with Gasteiger partial charge in [0.1, 0.15) is 0 Å². The van der Waals surface area contributed by atoms with Crippen LogP contribution in [0.2, 0.25) is 0 Å². The van der Waals surface area contributed by atoms with E-state index < -0.39 is 0 Å². The molecule has 0 saturated heterocycles. The van der Waals surface area contributed by atoms with E-state index in [1.54, 1.807) is 0 Å². The molecule has 0 fully saturated rings. The summed E-state index contributed by atoms with van der Waals surface area (Å²) in [6, 6.07) is 0. The minimum atomic E-state index is 0. The van der Waals surface area contributed by atoms with Gasteiger partial charge in [0.15, 0.2) is 0 Å². The fourth-order valence-corrected chi connectivity index (χ4v) is 1.92. The van der Waals surface area contributed by atoms with Crippen LogP contribution in [-0.2, 0) is 26.2 Å². The quantitative estimate of drug-likeness (QED) is 0.464. The van der Waals surface area contributed by atoms with Gasteiger partial charge in [0.25, 0.3) is 0 Å². The van der Waals surface area contributed by atoms with Crippen molar-refractivity contribution in [1.82, 2.24) is 0 Å². The van der Waals surface area contributed by atoms with Crippen molar-refractivity contribution in [3.8, 4) is 0 Å². The van der Waals surface area contributed by atoms with Gasteiger partial charge in [-0.1, -0.05) is 45.4 Å². The zero-order valence-corrected chi connectivity index (χ0v) is 14.4. The van der Waals surface area contributed by atoms with Gasteiger partial charge in [-0.2, -0.15) is 6.08 Å². The molecule has 1 atom stereocenters. The van der Waals surface area contributed by atoms with Gasteiger partial charge >= 0.3 is 0 Å². The summed E-state index contributed by atoms with van der Waals surface area (Å²) in [5.41, 5.74) is 1.47. The molecular weight excluding hydrogens is 318 g/mol. The Labute approximate surface area is 132 Å². The fraction of sp³-hybridized carbons (Fsp3) is 0.692. The molecule has 1 unspecified atom stereocenters. The smallest absolute Gasteiger partial charge is 0 e. The molecule has 0 bridgehead atoms. The predicted molar refractivity (Wildman–Crippen MR) is 72.9 cm³/mol. The first-order valence-electron chi connectivity index (χ1n) is 5.65. The van der Waals surface area contributed by atoms with E-state index in [0.717, 1.165) is 12.3 Å². The van der Waals surface area contributed by atoms with Gasteiger partial charge < -0.3 is 0 Å². The molecule has 1 rings (SSSR count). The topological polar surface area (TPSA) is 0 Å². The van der Waals surface area contributed by atoms with Gasteiger partial charge in [-0.25, -0.2) is 11.6 Å². The molecule has 1 aliphatic carbocycles. The number of hydrogen-bond donors (Lipinski definition) is 0. The Morgan fingerprint density at radius 2 is 1.94 bits per heavy atom. The Morgan fingerprint density at radius 3 is 2.38 bits per heavy atom. The molecule has 0 spiro atoms. The third kappa shape index (κ3) is 8.10. The van der Waals surface area contributed by atoms with E-state index in [4.69, 9.17) is 0 Å². The minimum absolute atomic E-state index is 0. The summed E-state index contributed by atoms with van der Waals surface area (Å²) < 4.78 is 0. The molecule has 1 aliphatic rings. The van der Waals surface area contributed by atoms with E-state index in [-0.39, 0.29) is 51.0 Å². The van der Waals surface area contributed by atoms with E-state index in [1.807, 2.05) is 0 Å². The van der Waals surface area contributed by atoms with Crippen LogP contribution in [0.1, 0.15) is 52.4 Å². The minimum Gasteiger partial charge on any atom is -0.269 e. The van der Waals surface area contributed by atoms with Gasteiger partial charge in [0.05, 0.1) is 0 Å². The first kappa shape index (κ1) is 22.2. The number of rotatable bonds is 6. The molecule has 94 valence electrons. The molecule has 0 radical (unpaired) electrons. The fourth-order valence-electron chi connectivity index (χ4n) is 1.92. The van der Waals surface area contributed by atoms with Crippen molar-refractivity contribution in [1.29, 1.82) is 0 Å². The normalized spacial score (nSPS) is 14.2. The van der Waals surface area contributed by atoms with E-state index in [0.29, 0.717) is 0 Å². The number of halogens is 2. The monoisotopic (exact) mass is 339 g/mol. The second-order valence-electron chi connectivity index (χ2n) is 3.84. The van der Waals surface area contributed by atoms with E-state index >= 15 is 0 Å². The maximum atomic E-state index is 3.44. The van der Waals surface area contributed by atoms with Crippen molar-refractivity contribution in [2.75, 3.05) is 0 Å². The van der Waals surface area contributed by atoms with E-state index in [2.05, 4.69) is 32.1 Å². The third-order valence-corrected chi connectivity index (χ3v) is 2.81. The molecular formula is C13H23Cl2Zr-. The first-order valence-corrected chi connectivity index (χ1v) is 5.65. The summed E-state index contributed by atoms with van der Waals surface area (Å²) in [4.78, 5) is 0. The molecule has 0 saturated carbocycles. The molecule has 0 heterocycles. The van der Waals surface area contributed by atoms with Crippen molar-refractivity contribution < 1.29 is 26.2 Å². The number of allylic oxidation sites excluding steroid dienone is 4. The zero-order valence-electron chi connectivity index (χ0n) is 10.3. The van der Waals surface area contributed by atoms with Crippen molar-refractivity contribution >= 4 is 24.8 Å². The largest absolute Gasteiger partial charge is 0.269 e. The molecule has 0 nitrogen and oxygen atoms in total. The predicted octanol–water partition coefficient (Wildman–Crippen LogP) is 5.12. The average molecular weight is 341 g/mol. The van der Waals surface area contributed by atoms with Gasteiger partial charge in [0.2, 0.25) is 0 Å². The molecule has 0 amide bonds. The summed E-state index contributed by atoms with van der Waals surface area (Å²) in [7, 11) is 0. The van der Waals surface area contributed by atoms with Crippen LogP contribution in [0.15, 0.2) is 17.7 Å². The van der Waals surface area contributed by atoms with E-state index in [1.165, 1.54) is 37.7 Å². The Morgan fingerprint density at radius 1 is 1.25 bits per heavy atom. The van der Waals surface area contributed by atoms with Gasteiger partial charge in [-0.3, -0.25) is 6.08 Å².